The van der Waals surface area contributed by atoms with E-state index in [-0.39, 0.29) is 33.3 Å². The second-order valence-corrected chi connectivity index (χ2v) is 6.86. The monoisotopic (exact) mass is 340 g/mol. The van der Waals surface area contributed by atoms with Gasteiger partial charge in [0.05, 0.1) is 17.3 Å². The van der Waals surface area contributed by atoms with Gasteiger partial charge in [0.15, 0.2) is 0 Å². The summed E-state index contributed by atoms with van der Waals surface area (Å²) in [6.07, 6.45) is 1.47. The third-order valence-corrected chi connectivity index (χ3v) is 4.90. The quantitative estimate of drug-likeness (QED) is 0.747. The van der Waals surface area contributed by atoms with Crippen molar-refractivity contribution in [3.63, 3.8) is 0 Å². The summed E-state index contributed by atoms with van der Waals surface area (Å²) in [5, 5.41) is 0.281. The van der Waals surface area contributed by atoms with Gasteiger partial charge >= 0.3 is 0 Å². The van der Waals surface area contributed by atoms with Crippen LogP contribution in [0.4, 0.5) is 5.69 Å². The highest BCUT2D eigenvalue weighted by atomic mass is 35.5. The highest BCUT2D eigenvalue weighted by Gasteiger charge is 2.25. The molecule has 0 spiro atoms. The molecule has 5 nitrogen and oxygen atoms in total. The maximum absolute atomic E-state index is 12.4. The first kappa shape index (κ1) is 17.5. The van der Waals surface area contributed by atoms with Crippen LogP contribution in [0.2, 0.25) is 10.0 Å². The lowest BCUT2D eigenvalue weighted by molar-refractivity contribution is 0.171. The predicted octanol–water partition coefficient (Wildman–Crippen LogP) is 2.67. The van der Waals surface area contributed by atoms with Crippen LogP contribution >= 0.6 is 23.2 Å². The number of halogens is 2. The molecule has 0 amide bonds. The molecule has 1 unspecified atom stereocenters. The Balaban J connectivity index is 3.10. The van der Waals surface area contributed by atoms with E-state index in [1.54, 1.807) is 0 Å². The van der Waals surface area contributed by atoms with Crippen molar-refractivity contribution in [1.82, 2.24) is 4.72 Å². The molecule has 1 atom stereocenters. The van der Waals surface area contributed by atoms with Gasteiger partial charge in [-0.25, -0.2) is 13.1 Å². The summed E-state index contributed by atoms with van der Waals surface area (Å²) in [5.41, 5.74) is 5.73. The van der Waals surface area contributed by atoms with Gasteiger partial charge < -0.3 is 10.5 Å². The number of nitrogen functional groups attached to an aromatic ring is 1. The zero-order valence-electron chi connectivity index (χ0n) is 11.3. The molecule has 0 aromatic heterocycles. The van der Waals surface area contributed by atoms with Crippen LogP contribution in [-0.4, -0.2) is 28.2 Å². The number of hydrogen-bond acceptors (Lipinski definition) is 4. The highest BCUT2D eigenvalue weighted by Crippen LogP contribution is 2.31. The fourth-order valence-electron chi connectivity index (χ4n) is 1.87. The Bertz CT molecular complexity index is 535. The number of ether oxygens (including phenoxy) is 1. The maximum Gasteiger partial charge on any atom is 0.244 e. The molecule has 0 heterocycles. The molecule has 20 heavy (non-hydrogen) atoms. The fourth-order valence-corrected chi connectivity index (χ4v) is 4.11. The molecule has 1 rings (SSSR count). The molecule has 3 N–H and O–H groups in total. The van der Waals surface area contributed by atoms with Crippen molar-refractivity contribution < 1.29 is 13.2 Å². The number of methoxy groups -OCH3 is 1. The van der Waals surface area contributed by atoms with Crippen LogP contribution in [-0.2, 0) is 14.8 Å². The number of nitrogens with two attached hydrogens (primary N) is 1. The molecule has 0 aliphatic heterocycles. The normalized spacial score (nSPS) is 13.4. The second-order valence-electron chi connectivity index (χ2n) is 4.37. The predicted molar refractivity (Wildman–Crippen MR) is 81.8 cm³/mol. The van der Waals surface area contributed by atoms with Crippen molar-refractivity contribution in [2.24, 2.45) is 0 Å². The first-order valence-electron chi connectivity index (χ1n) is 6.07. The number of benzene rings is 1. The van der Waals surface area contributed by atoms with Gasteiger partial charge in [-0.15, -0.1) is 0 Å². The number of hydrogen-bond donors (Lipinski definition) is 2. The number of sulfonamides is 1. The topological polar surface area (TPSA) is 81.4 Å². The minimum absolute atomic E-state index is 0.00448. The van der Waals surface area contributed by atoms with E-state index in [9.17, 15) is 8.42 Å². The van der Waals surface area contributed by atoms with E-state index < -0.39 is 10.0 Å². The first-order chi connectivity index (χ1) is 9.31. The van der Waals surface area contributed by atoms with Crippen LogP contribution in [0.15, 0.2) is 17.0 Å². The summed E-state index contributed by atoms with van der Waals surface area (Å²) >= 11 is 11.7. The molecular weight excluding hydrogens is 323 g/mol. The summed E-state index contributed by atoms with van der Waals surface area (Å²) < 4.78 is 32.3. The van der Waals surface area contributed by atoms with Crippen molar-refractivity contribution in [2.45, 2.75) is 30.7 Å². The fraction of sp³-hybridized carbons (Fsp3) is 0.500. The molecular formula is C12H18Cl2N2O3S. The Morgan fingerprint density at radius 1 is 1.40 bits per heavy atom. The molecule has 1 aromatic rings. The van der Waals surface area contributed by atoms with Crippen molar-refractivity contribution >= 4 is 38.9 Å². The average molecular weight is 341 g/mol. The van der Waals surface area contributed by atoms with E-state index >= 15 is 0 Å². The Morgan fingerprint density at radius 3 is 2.55 bits per heavy atom. The summed E-state index contributed by atoms with van der Waals surface area (Å²) in [4.78, 5) is -0.152. The van der Waals surface area contributed by atoms with E-state index in [1.807, 2.05) is 6.92 Å². The van der Waals surface area contributed by atoms with Crippen LogP contribution in [0, 0.1) is 0 Å². The van der Waals surface area contributed by atoms with Gasteiger partial charge in [0, 0.05) is 18.2 Å². The van der Waals surface area contributed by atoms with Crippen molar-refractivity contribution in [3.8, 4) is 0 Å². The van der Waals surface area contributed by atoms with E-state index in [4.69, 9.17) is 33.7 Å². The maximum atomic E-state index is 12.4. The molecule has 0 radical (unpaired) electrons. The second kappa shape index (κ2) is 7.47. The SMILES string of the molecule is CCCC(COC)NS(=O)(=O)c1c(N)cc(Cl)cc1Cl. The summed E-state index contributed by atoms with van der Waals surface area (Å²) in [7, 11) is -2.31. The molecule has 0 saturated carbocycles. The van der Waals surface area contributed by atoms with Crippen LogP contribution in [0.1, 0.15) is 19.8 Å². The zero-order valence-corrected chi connectivity index (χ0v) is 13.6. The smallest absolute Gasteiger partial charge is 0.244 e. The number of anilines is 1. The van der Waals surface area contributed by atoms with Gasteiger partial charge in [-0.05, 0) is 18.6 Å². The Morgan fingerprint density at radius 2 is 2.05 bits per heavy atom. The van der Waals surface area contributed by atoms with Gasteiger partial charge in [-0.3, -0.25) is 0 Å². The Kier molecular flexibility index (Phi) is 6.54. The van der Waals surface area contributed by atoms with Crippen molar-refractivity contribution in [2.75, 3.05) is 19.5 Å². The first-order valence-corrected chi connectivity index (χ1v) is 8.31. The van der Waals surface area contributed by atoms with Crippen LogP contribution in [0.25, 0.3) is 0 Å². The Hall–Kier alpha value is -0.530. The van der Waals surface area contributed by atoms with Crippen molar-refractivity contribution in [1.29, 1.82) is 0 Å². The molecule has 1 aromatic carbocycles. The highest BCUT2D eigenvalue weighted by molar-refractivity contribution is 7.89. The number of nitrogens with one attached hydrogen (secondary N) is 1. The van der Waals surface area contributed by atoms with E-state index in [1.165, 1.54) is 19.2 Å². The molecule has 0 aliphatic carbocycles. The summed E-state index contributed by atoms with van der Waals surface area (Å²) in [6.45, 7) is 2.23. The molecule has 114 valence electrons. The standard InChI is InChI=1S/C12H18Cl2N2O3S/c1-3-4-9(7-19-2)16-20(17,18)12-10(14)5-8(13)6-11(12)15/h5-6,9,16H,3-4,7,15H2,1-2H3. The molecule has 0 saturated heterocycles. The third kappa shape index (κ3) is 4.49. The molecule has 8 heteroatoms. The lowest BCUT2D eigenvalue weighted by atomic mass is 10.2. The van der Waals surface area contributed by atoms with Crippen molar-refractivity contribution in [3.05, 3.63) is 22.2 Å². The van der Waals surface area contributed by atoms with E-state index in [2.05, 4.69) is 4.72 Å². The molecule has 0 aliphatic rings. The minimum Gasteiger partial charge on any atom is -0.398 e. The minimum atomic E-state index is -3.83. The number of rotatable bonds is 7. The lowest BCUT2D eigenvalue weighted by Crippen LogP contribution is -2.38. The largest absolute Gasteiger partial charge is 0.398 e. The van der Waals surface area contributed by atoms with Crippen LogP contribution < -0.4 is 10.5 Å². The van der Waals surface area contributed by atoms with E-state index in [0.717, 1.165) is 6.42 Å². The lowest BCUT2D eigenvalue weighted by Gasteiger charge is -2.18. The zero-order chi connectivity index (χ0) is 15.3. The van der Waals surface area contributed by atoms with Gasteiger partial charge in [-0.2, -0.15) is 0 Å². The molecule has 0 bridgehead atoms. The van der Waals surface area contributed by atoms with Gasteiger partial charge in [0.2, 0.25) is 10.0 Å². The van der Waals surface area contributed by atoms with Crippen LogP contribution in [0.5, 0.6) is 0 Å². The van der Waals surface area contributed by atoms with Gasteiger partial charge in [0.25, 0.3) is 0 Å². The summed E-state index contributed by atoms with van der Waals surface area (Å²) in [5.74, 6) is 0. The van der Waals surface area contributed by atoms with Gasteiger partial charge in [-0.1, -0.05) is 36.5 Å². The van der Waals surface area contributed by atoms with Gasteiger partial charge in [0.1, 0.15) is 4.90 Å². The Labute approximate surface area is 129 Å². The molecule has 0 fully saturated rings. The van der Waals surface area contributed by atoms with Crippen LogP contribution in [0.3, 0.4) is 0 Å². The third-order valence-electron chi connectivity index (χ3n) is 2.63. The average Bonchev–Trinajstić information content (AvgIpc) is 2.26. The van der Waals surface area contributed by atoms with E-state index in [0.29, 0.717) is 6.42 Å². The summed E-state index contributed by atoms with van der Waals surface area (Å²) in [6, 6.07) is 2.37.